The minimum Gasteiger partial charge on any atom is -0.490 e. The van der Waals surface area contributed by atoms with Gasteiger partial charge in [-0.1, -0.05) is 31.4 Å². The van der Waals surface area contributed by atoms with E-state index < -0.39 is 0 Å². The summed E-state index contributed by atoms with van der Waals surface area (Å²) in [6.07, 6.45) is 6.04. The normalized spacial score (nSPS) is 19.7. The van der Waals surface area contributed by atoms with Crippen LogP contribution in [0.3, 0.4) is 0 Å². The van der Waals surface area contributed by atoms with Crippen LogP contribution in [-0.2, 0) is 11.2 Å². The van der Waals surface area contributed by atoms with Crippen LogP contribution in [0.5, 0.6) is 0 Å². The minimum atomic E-state index is 0.708. The number of rotatable bonds is 3. The average molecular weight is 326 g/mol. The Morgan fingerprint density at radius 2 is 2.00 bits per heavy atom. The molecule has 2 heterocycles. The molecule has 1 aromatic rings. The van der Waals surface area contributed by atoms with E-state index in [2.05, 4.69) is 61.1 Å². The maximum Gasteiger partial charge on any atom is 0.142 e. The van der Waals surface area contributed by atoms with Crippen LogP contribution in [-0.4, -0.2) is 37.7 Å². The highest BCUT2D eigenvalue weighted by Crippen LogP contribution is 2.29. The lowest BCUT2D eigenvalue weighted by atomic mass is 9.97. The zero-order valence-electron chi connectivity index (χ0n) is 15.3. The zero-order chi connectivity index (χ0) is 17.5. The molecule has 0 saturated heterocycles. The van der Waals surface area contributed by atoms with Gasteiger partial charge in [-0.25, -0.2) is 0 Å². The number of para-hydroxylation sites is 1. The van der Waals surface area contributed by atoms with Gasteiger partial charge in [-0.3, -0.25) is 0 Å². The molecule has 3 nitrogen and oxygen atoms in total. The molecule has 0 fully saturated rings. The highest BCUT2D eigenvalue weighted by Gasteiger charge is 2.20. The van der Waals surface area contributed by atoms with E-state index in [0.717, 1.165) is 31.2 Å². The van der Waals surface area contributed by atoms with Gasteiger partial charge in [0.2, 0.25) is 0 Å². The molecular weight excluding hydrogens is 296 g/mol. The first-order valence-electron chi connectivity index (χ1n) is 8.80. The summed E-state index contributed by atoms with van der Waals surface area (Å²) in [5.41, 5.74) is 3.98. The molecule has 24 heavy (non-hydrogen) atoms. The molecule has 2 aliphatic rings. The third-order valence-corrected chi connectivity index (χ3v) is 4.73. The molecule has 0 aliphatic carbocycles. The van der Waals surface area contributed by atoms with Crippen LogP contribution < -0.4 is 4.90 Å². The number of allylic oxidation sites excluding steroid dienone is 2. The van der Waals surface area contributed by atoms with E-state index in [4.69, 9.17) is 4.74 Å². The van der Waals surface area contributed by atoms with Crippen LogP contribution in [0.4, 0.5) is 5.69 Å². The first-order chi connectivity index (χ1) is 11.6. The van der Waals surface area contributed by atoms with Gasteiger partial charge in [-0.05, 0) is 50.5 Å². The molecule has 0 radical (unpaired) electrons. The van der Waals surface area contributed by atoms with Crippen molar-refractivity contribution in [3.63, 3.8) is 0 Å². The number of aryl methyl sites for hydroxylation is 1. The summed E-state index contributed by atoms with van der Waals surface area (Å²) in [6.45, 7) is 14.7. The highest BCUT2D eigenvalue weighted by molar-refractivity contribution is 5.56. The monoisotopic (exact) mass is 326 g/mol. The molecule has 3 rings (SSSR count). The lowest BCUT2D eigenvalue weighted by Gasteiger charge is -2.36. The second-order valence-electron chi connectivity index (χ2n) is 6.23. The van der Waals surface area contributed by atoms with Gasteiger partial charge in [0.25, 0.3) is 0 Å². The number of anilines is 1. The quantitative estimate of drug-likeness (QED) is 0.820. The van der Waals surface area contributed by atoms with E-state index in [1.165, 1.54) is 24.1 Å². The Bertz CT molecular complexity index is 606. The van der Waals surface area contributed by atoms with Crippen molar-refractivity contribution in [2.45, 2.75) is 32.7 Å². The zero-order valence-corrected chi connectivity index (χ0v) is 15.3. The fourth-order valence-electron chi connectivity index (χ4n) is 3.34. The predicted molar refractivity (Wildman–Crippen MR) is 103 cm³/mol. The van der Waals surface area contributed by atoms with Crippen molar-refractivity contribution < 1.29 is 4.74 Å². The molecule has 0 aromatic heterocycles. The van der Waals surface area contributed by atoms with Gasteiger partial charge in [0.05, 0.1) is 12.2 Å². The number of hydrogen-bond acceptors (Lipinski definition) is 3. The van der Waals surface area contributed by atoms with Crippen LogP contribution in [0.15, 0.2) is 61.0 Å². The van der Waals surface area contributed by atoms with Crippen molar-refractivity contribution in [3.05, 3.63) is 66.6 Å². The summed E-state index contributed by atoms with van der Waals surface area (Å²) >= 11 is 0. The molecule has 2 aliphatic heterocycles. The maximum atomic E-state index is 5.35. The SMILES string of the molecule is C=CC1=C(C=C)N(C)CCO1.CCN1c2ccccc2CCC1C. The largest absolute Gasteiger partial charge is 0.490 e. The van der Waals surface area contributed by atoms with Gasteiger partial charge < -0.3 is 14.5 Å². The minimum absolute atomic E-state index is 0.708. The molecule has 0 saturated carbocycles. The summed E-state index contributed by atoms with van der Waals surface area (Å²) in [5, 5.41) is 0. The van der Waals surface area contributed by atoms with E-state index in [1.807, 2.05) is 7.05 Å². The number of nitrogens with zero attached hydrogens (tertiary/aromatic N) is 2. The van der Waals surface area contributed by atoms with E-state index in [9.17, 15) is 0 Å². The van der Waals surface area contributed by atoms with Gasteiger partial charge in [0.1, 0.15) is 12.4 Å². The Morgan fingerprint density at radius 3 is 2.62 bits per heavy atom. The Labute approximate surface area is 146 Å². The van der Waals surface area contributed by atoms with Crippen LogP contribution in [0, 0.1) is 0 Å². The van der Waals surface area contributed by atoms with Crippen LogP contribution in [0.25, 0.3) is 0 Å². The van der Waals surface area contributed by atoms with E-state index >= 15 is 0 Å². The van der Waals surface area contributed by atoms with Crippen LogP contribution in [0.2, 0.25) is 0 Å². The molecule has 0 amide bonds. The molecule has 1 aromatic carbocycles. The molecule has 130 valence electrons. The smallest absolute Gasteiger partial charge is 0.142 e. The molecule has 3 heteroatoms. The Hall–Kier alpha value is -2.16. The van der Waals surface area contributed by atoms with Gasteiger partial charge in [0, 0.05) is 25.3 Å². The summed E-state index contributed by atoms with van der Waals surface area (Å²) in [4.78, 5) is 4.60. The lowest BCUT2D eigenvalue weighted by molar-refractivity contribution is 0.157. The third kappa shape index (κ3) is 4.02. The molecule has 0 bridgehead atoms. The van der Waals surface area contributed by atoms with Crippen LogP contribution in [0.1, 0.15) is 25.8 Å². The topological polar surface area (TPSA) is 15.7 Å². The highest BCUT2D eigenvalue weighted by atomic mass is 16.5. The molecular formula is C21H30N2O. The molecule has 1 unspecified atom stereocenters. The van der Waals surface area contributed by atoms with Crippen molar-refractivity contribution in [1.82, 2.24) is 4.90 Å². The van der Waals surface area contributed by atoms with Gasteiger partial charge in [0.15, 0.2) is 0 Å². The summed E-state index contributed by atoms with van der Waals surface area (Å²) in [5.74, 6) is 0.828. The Kier molecular flexibility index (Phi) is 6.53. The molecule has 0 spiro atoms. The summed E-state index contributed by atoms with van der Waals surface area (Å²) in [7, 11) is 2.02. The van der Waals surface area contributed by atoms with Gasteiger partial charge >= 0.3 is 0 Å². The number of benzene rings is 1. The maximum absolute atomic E-state index is 5.35. The van der Waals surface area contributed by atoms with E-state index in [0.29, 0.717) is 6.04 Å². The van der Waals surface area contributed by atoms with Crippen molar-refractivity contribution in [3.8, 4) is 0 Å². The number of fused-ring (bicyclic) bond motifs is 1. The van der Waals surface area contributed by atoms with Gasteiger partial charge in [-0.2, -0.15) is 0 Å². The Balaban J connectivity index is 0.000000177. The van der Waals surface area contributed by atoms with Crippen molar-refractivity contribution >= 4 is 5.69 Å². The fourth-order valence-corrected chi connectivity index (χ4v) is 3.34. The van der Waals surface area contributed by atoms with E-state index in [1.54, 1.807) is 12.2 Å². The van der Waals surface area contributed by atoms with Crippen molar-refractivity contribution in [2.75, 3.05) is 31.6 Å². The lowest BCUT2D eigenvalue weighted by Crippen LogP contribution is -2.36. The second kappa shape index (κ2) is 8.62. The van der Waals surface area contributed by atoms with Crippen LogP contribution >= 0.6 is 0 Å². The standard InChI is InChI=1S/C12H17N.C9H13NO/c1-3-13-10(2)8-9-11-6-4-5-7-12(11)13;1-4-8-9(5-2)11-7-6-10(8)3/h4-7,10H,3,8-9H2,1-2H3;4-5H,1-2,6-7H2,3H3. The first kappa shape index (κ1) is 18.2. The molecule has 0 N–H and O–H groups in total. The Morgan fingerprint density at radius 1 is 1.25 bits per heavy atom. The van der Waals surface area contributed by atoms with Gasteiger partial charge in [-0.15, -0.1) is 0 Å². The van der Waals surface area contributed by atoms with E-state index in [-0.39, 0.29) is 0 Å². The van der Waals surface area contributed by atoms with Crippen molar-refractivity contribution in [1.29, 1.82) is 0 Å². The molecule has 1 atom stereocenters. The second-order valence-corrected chi connectivity index (χ2v) is 6.23. The number of ether oxygens (including phenoxy) is 1. The fraction of sp³-hybridized carbons (Fsp3) is 0.429. The predicted octanol–water partition coefficient (Wildman–Crippen LogP) is 4.38. The average Bonchev–Trinajstić information content (AvgIpc) is 2.62. The number of hydrogen-bond donors (Lipinski definition) is 0. The summed E-state index contributed by atoms with van der Waals surface area (Å²) < 4.78 is 5.35. The van der Waals surface area contributed by atoms with Crippen molar-refractivity contribution in [2.24, 2.45) is 0 Å². The number of likely N-dealkylation sites (N-methyl/N-ethyl adjacent to an activating group) is 1. The first-order valence-corrected chi connectivity index (χ1v) is 8.80. The summed E-state index contributed by atoms with van der Waals surface area (Å²) in [6, 6.07) is 9.49. The third-order valence-electron chi connectivity index (χ3n) is 4.73.